The summed E-state index contributed by atoms with van der Waals surface area (Å²) in [6.07, 6.45) is 6.12. The van der Waals surface area contributed by atoms with Gasteiger partial charge in [0.2, 0.25) is 0 Å². The van der Waals surface area contributed by atoms with Crippen LogP contribution in [0.15, 0.2) is 53.3 Å². The van der Waals surface area contributed by atoms with Gasteiger partial charge in [-0.1, -0.05) is 48.3 Å². The molecule has 9 nitrogen and oxygen atoms in total. The number of piperazine rings is 1. The first-order chi connectivity index (χ1) is 17.6. The number of aryl methyl sites for hydroxylation is 1. The largest absolute Gasteiger partial charge is 0.352 e. The fraction of sp³-hybridized carbons (Fsp3) is 0.370. The van der Waals surface area contributed by atoms with E-state index in [0.29, 0.717) is 56.4 Å². The maximum absolute atomic E-state index is 12.5. The highest BCUT2D eigenvalue weighted by atomic mass is 16.5. The molecule has 1 fully saturated rings. The fourth-order valence-corrected chi connectivity index (χ4v) is 4.38. The zero-order valence-electron chi connectivity index (χ0n) is 20.8. The number of rotatable bonds is 7. The molecule has 1 saturated heterocycles. The average Bonchev–Trinajstić information content (AvgIpc) is 3.34. The molecule has 186 valence electrons. The number of unbranched alkanes of at least 4 members (excludes halogenated alkanes) is 1. The Morgan fingerprint density at radius 2 is 1.89 bits per heavy atom. The number of carbonyl (C=O) groups is 1. The highest BCUT2D eigenvalue weighted by Crippen LogP contribution is 2.34. The molecule has 0 radical (unpaired) electrons. The minimum atomic E-state index is -0.00276. The second-order valence-electron chi connectivity index (χ2n) is 9.14. The molecule has 0 bridgehead atoms. The number of urea groups is 1. The highest BCUT2D eigenvalue weighted by Gasteiger charge is 2.27. The Bertz CT molecular complexity index is 1310. The van der Waals surface area contributed by atoms with Crippen LogP contribution in [-0.2, 0) is 6.42 Å². The normalized spacial score (nSPS) is 13.8. The van der Waals surface area contributed by atoms with Crippen LogP contribution in [0.1, 0.15) is 36.7 Å². The first-order valence-electron chi connectivity index (χ1n) is 12.5. The Morgan fingerprint density at radius 3 is 2.61 bits per heavy atom. The Morgan fingerprint density at radius 1 is 1.08 bits per heavy atom. The van der Waals surface area contributed by atoms with Crippen molar-refractivity contribution in [2.24, 2.45) is 0 Å². The SMILES string of the molecule is CCCCNC(=O)N1CCN(c2nc(Cc3ccc(C)cc3)nc3onc(-c4cccnc4)c23)CC1. The number of nitrogens with zero attached hydrogens (tertiary/aromatic N) is 6. The molecule has 0 saturated carbocycles. The van der Waals surface area contributed by atoms with E-state index in [1.54, 1.807) is 12.4 Å². The number of amides is 2. The Labute approximate surface area is 210 Å². The smallest absolute Gasteiger partial charge is 0.317 e. The van der Waals surface area contributed by atoms with E-state index in [9.17, 15) is 4.79 Å². The van der Waals surface area contributed by atoms with Crippen LogP contribution in [0.5, 0.6) is 0 Å². The van der Waals surface area contributed by atoms with E-state index >= 15 is 0 Å². The monoisotopic (exact) mass is 485 g/mol. The first kappa shape index (κ1) is 23.7. The lowest BCUT2D eigenvalue weighted by molar-refractivity contribution is 0.194. The molecule has 4 heterocycles. The van der Waals surface area contributed by atoms with Crippen LogP contribution in [0.2, 0.25) is 0 Å². The molecule has 5 rings (SSSR count). The molecule has 36 heavy (non-hydrogen) atoms. The lowest BCUT2D eigenvalue weighted by Gasteiger charge is -2.35. The van der Waals surface area contributed by atoms with Crippen molar-refractivity contribution < 1.29 is 9.32 Å². The van der Waals surface area contributed by atoms with Gasteiger partial charge < -0.3 is 19.6 Å². The van der Waals surface area contributed by atoms with Gasteiger partial charge in [0, 0.05) is 57.1 Å². The van der Waals surface area contributed by atoms with Gasteiger partial charge in [0.15, 0.2) is 0 Å². The van der Waals surface area contributed by atoms with Crippen LogP contribution in [0.3, 0.4) is 0 Å². The summed E-state index contributed by atoms with van der Waals surface area (Å²) in [5.41, 5.74) is 4.33. The zero-order valence-corrected chi connectivity index (χ0v) is 20.8. The van der Waals surface area contributed by atoms with Crippen molar-refractivity contribution >= 4 is 22.9 Å². The molecule has 1 aliphatic heterocycles. The molecule has 4 aromatic rings. The molecular formula is C27H31N7O2. The summed E-state index contributed by atoms with van der Waals surface area (Å²) in [4.78, 5) is 30.6. The molecule has 2 amide bonds. The van der Waals surface area contributed by atoms with E-state index < -0.39 is 0 Å². The minimum absolute atomic E-state index is 0.00276. The minimum Gasteiger partial charge on any atom is -0.352 e. The zero-order chi connectivity index (χ0) is 24.9. The lowest BCUT2D eigenvalue weighted by Crippen LogP contribution is -2.52. The molecule has 1 N–H and O–H groups in total. The van der Waals surface area contributed by atoms with E-state index in [0.717, 1.165) is 35.2 Å². The molecular weight excluding hydrogens is 454 g/mol. The second kappa shape index (κ2) is 10.7. The summed E-state index contributed by atoms with van der Waals surface area (Å²) in [6.45, 7) is 7.45. The number of aromatic nitrogens is 4. The number of hydrogen-bond acceptors (Lipinski definition) is 7. The molecule has 0 unspecified atom stereocenters. The lowest BCUT2D eigenvalue weighted by atomic mass is 10.1. The van der Waals surface area contributed by atoms with Crippen LogP contribution in [0.25, 0.3) is 22.4 Å². The predicted molar refractivity (Wildman–Crippen MR) is 139 cm³/mol. The number of hydrogen-bond donors (Lipinski definition) is 1. The topological polar surface area (TPSA) is 100 Å². The predicted octanol–water partition coefficient (Wildman–Crippen LogP) is 4.21. The fourth-order valence-electron chi connectivity index (χ4n) is 4.38. The molecule has 0 atom stereocenters. The third kappa shape index (κ3) is 5.15. The van der Waals surface area contributed by atoms with Gasteiger partial charge in [0.25, 0.3) is 5.71 Å². The van der Waals surface area contributed by atoms with Gasteiger partial charge in [-0.25, -0.2) is 9.78 Å². The standard InChI is InChI=1S/C27H31N7O2/c1-3-4-12-29-27(35)34-15-13-33(14-16-34)25-23-24(21-6-5-11-28-18-21)32-36-26(23)31-22(30-25)17-20-9-7-19(2)8-10-20/h5-11,18H,3-4,12-17H2,1-2H3,(H,29,35). The van der Waals surface area contributed by atoms with E-state index in [-0.39, 0.29) is 6.03 Å². The van der Waals surface area contributed by atoms with Crippen molar-refractivity contribution in [1.29, 1.82) is 0 Å². The number of nitrogens with one attached hydrogen (secondary N) is 1. The number of carbonyl (C=O) groups excluding carboxylic acids is 1. The van der Waals surface area contributed by atoms with Crippen molar-refractivity contribution in [2.75, 3.05) is 37.6 Å². The quantitative estimate of drug-likeness (QED) is 0.391. The third-order valence-corrected chi connectivity index (χ3v) is 6.45. The van der Waals surface area contributed by atoms with Gasteiger partial charge in [-0.05, 0) is 31.0 Å². The summed E-state index contributed by atoms with van der Waals surface area (Å²) >= 11 is 0. The van der Waals surface area contributed by atoms with Crippen molar-refractivity contribution in [2.45, 2.75) is 33.1 Å². The van der Waals surface area contributed by atoms with E-state index in [4.69, 9.17) is 14.5 Å². The third-order valence-electron chi connectivity index (χ3n) is 6.45. The molecule has 0 aliphatic carbocycles. The molecule has 1 aromatic carbocycles. The average molecular weight is 486 g/mol. The Kier molecular flexibility index (Phi) is 7.06. The van der Waals surface area contributed by atoms with Crippen LogP contribution >= 0.6 is 0 Å². The highest BCUT2D eigenvalue weighted by molar-refractivity contribution is 5.98. The van der Waals surface area contributed by atoms with Gasteiger partial charge in [-0.15, -0.1) is 0 Å². The van der Waals surface area contributed by atoms with Crippen LogP contribution in [-0.4, -0.2) is 63.8 Å². The van der Waals surface area contributed by atoms with Crippen LogP contribution in [0.4, 0.5) is 10.6 Å². The van der Waals surface area contributed by atoms with Gasteiger partial charge in [-0.2, -0.15) is 4.98 Å². The van der Waals surface area contributed by atoms with E-state index in [1.165, 1.54) is 5.56 Å². The van der Waals surface area contributed by atoms with Gasteiger partial charge >= 0.3 is 6.03 Å². The molecule has 0 spiro atoms. The van der Waals surface area contributed by atoms with Gasteiger partial charge in [-0.3, -0.25) is 4.98 Å². The van der Waals surface area contributed by atoms with Crippen LogP contribution < -0.4 is 10.2 Å². The van der Waals surface area contributed by atoms with Gasteiger partial charge in [0.05, 0.1) is 0 Å². The number of pyridine rings is 1. The van der Waals surface area contributed by atoms with Crippen molar-refractivity contribution in [3.05, 3.63) is 65.7 Å². The summed E-state index contributed by atoms with van der Waals surface area (Å²) in [6, 6.07) is 12.2. The summed E-state index contributed by atoms with van der Waals surface area (Å²) < 4.78 is 5.72. The number of benzene rings is 1. The first-order valence-corrected chi connectivity index (χ1v) is 12.5. The summed E-state index contributed by atoms with van der Waals surface area (Å²) in [5, 5.41) is 8.14. The summed E-state index contributed by atoms with van der Waals surface area (Å²) in [5.74, 6) is 1.46. The second-order valence-corrected chi connectivity index (χ2v) is 9.14. The van der Waals surface area contributed by atoms with Crippen LogP contribution in [0, 0.1) is 6.92 Å². The molecule has 1 aliphatic rings. The number of anilines is 1. The molecule has 9 heteroatoms. The van der Waals surface area contributed by atoms with Crippen molar-refractivity contribution in [3.8, 4) is 11.3 Å². The summed E-state index contributed by atoms with van der Waals surface area (Å²) in [7, 11) is 0. The maximum atomic E-state index is 12.5. The van der Waals surface area contributed by atoms with Crippen molar-refractivity contribution in [3.63, 3.8) is 0 Å². The molecule has 3 aromatic heterocycles. The van der Waals surface area contributed by atoms with E-state index in [1.807, 2.05) is 17.0 Å². The Balaban J connectivity index is 1.45. The van der Waals surface area contributed by atoms with E-state index in [2.05, 4.69) is 58.5 Å². The van der Waals surface area contributed by atoms with Crippen molar-refractivity contribution in [1.82, 2.24) is 30.3 Å². The number of fused-ring (bicyclic) bond motifs is 1. The van der Waals surface area contributed by atoms with Gasteiger partial charge in [0.1, 0.15) is 22.7 Å². The Hall–Kier alpha value is -4.01. The maximum Gasteiger partial charge on any atom is 0.317 e.